The van der Waals surface area contributed by atoms with E-state index in [0.717, 1.165) is 25.7 Å². The van der Waals surface area contributed by atoms with Crippen LogP contribution in [0.25, 0.3) is 0 Å². The molecule has 0 aliphatic rings. The van der Waals surface area contributed by atoms with Gasteiger partial charge in [-0.15, -0.1) is 0 Å². The van der Waals surface area contributed by atoms with Crippen LogP contribution in [0.1, 0.15) is 45.4 Å². The quantitative estimate of drug-likeness (QED) is 0.328. The predicted octanol–water partition coefficient (Wildman–Crippen LogP) is 1.98. The second kappa shape index (κ2) is 11.7. The fourth-order valence-electron chi connectivity index (χ4n) is 2.60. The SMILES string of the molecule is CCCCCCCCS(=O)(=O)O[I+](c1ccccc1)c1ccc(OC)cc1. The van der Waals surface area contributed by atoms with Crippen LogP contribution in [0.15, 0.2) is 54.6 Å². The number of benzene rings is 2. The highest BCUT2D eigenvalue weighted by Crippen LogP contribution is 2.08. The lowest BCUT2D eigenvalue weighted by Gasteiger charge is -2.07. The maximum atomic E-state index is 12.6. The van der Waals surface area contributed by atoms with E-state index >= 15 is 0 Å². The summed E-state index contributed by atoms with van der Waals surface area (Å²) in [6.45, 7) is 2.17. The zero-order valence-corrected chi connectivity index (χ0v) is 19.0. The summed E-state index contributed by atoms with van der Waals surface area (Å²) in [6, 6.07) is 17.2. The molecule has 0 saturated heterocycles. The average Bonchev–Trinajstić information content (AvgIpc) is 2.69. The molecule has 2 aromatic carbocycles. The van der Waals surface area contributed by atoms with E-state index in [0.29, 0.717) is 6.42 Å². The standard InChI is InChI=1S/C21H29IO4S/c1-3-4-5-6-7-11-18-27(23,24)26-22(19-12-9-8-10-13-19)20-14-16-21(25-2)17-15-20/h8-10,12-17H,3-7,11,18H2,1-2H3/q+1. The van der Waals surface area contributed by atoms with Crippen molar-refractivity contribution in [3.05, 3.63) is 61.7 Å². The van der Waals surface area contributed by atoms with E-state index in [4.69, 9.17) is 7.25 Å². The van der Waals surface area contributed by atoms with Gasteiger partial charge in [-0.25, -0.2) is 0 Å². The van der Waals surface area contributed by atoms with Gasteiger partial charge in [-0.05, 0) is 45.3 Å². The third kappa shape index (κ3) is 7.79. The van der Waals surface area contributed by atoms with Crippen LogP contribution in [0, 0.1) is 7.14 Å². The average molecular weight is 504 g/mol. The van der Waals surface area contributed by atoms with Crippen LogP contribution in [0.4, 0.5) is 0 Å². The topological polar surface area (TPSA) is 52.6 Å². The zero-order valence-electron chi connectivity index (χ0n) is 16.1. The molecule has 0 amide bonds. The van der Waals surface area contributed by atoms with Gasteiger partial charge in [-0.3, -0.25) is 0 Å². The van der Waals surface area contributed by atoms with Gasteiger partial charge >= 0.3 is 30.4 Å². The van der Waals surface area contributed by atoms with Crippen molar-refractivity contribution >= 4 is 10.1 Å². The molecule has 4 nitrogen and oxygen atoms in total. The molecule has 2 rings (SSSR count). The third-order valence-electron chi connectivity index (χ3n) is 4.09. The summed E-state index contributed by atoms with van der Waals surface area (Å²) in [7, 11) is -1.93. The van der Waals surface area contributed by atoms with Crippen LogP contribution >= 0.6 is 0 Å². The zero-order chi connectivity index (χ0) is 19.5. The molecule has 0 aliphatic carbocycles. The number of hydrogen-bond acceptors (Lipinski definition) is 4. The minimum Gasteiger partial charge on any atom is -0.497 e. The molecule has 0 fully saturated rings. The highest BCUT2D eigenvalue weighted by atomic mass is 127. The molecule has 149 valence electrons. The smallest absolute Gasteiger partial charge is 0.324 e. The molecule has 0 atom stereocenters. The summed E-state index contributed by atoms with van der Waals surface area (Å²) >= 11 is -2.53. The van der Waals surface area contributed by atoms with Crippen molar-refractivity contribution in [2.24, 2.45) is 0 Å². The Hall–Kier alpha value is -1.12. The van der Waals surface area contributed by atoms with Crippen molar-refractivity contribution in [2.75, 3.05) is 12.9 Å². The molecule has 0 unspecified atom stereocenters. The van der Waals surface area contributed by atoms with Gasteiger partial charge in [0.2, 0.25) is 0 Å². The maximum Gasteiger partial charge on any atom is 0.324 e. The molecular formula is C21H29IO4S+. The van der Waals surface area contributed by atoms with Gasteiger partial charge in [0.1, 0.15) is 5.75 Å². The Kier molecular flexibility index (Phi) is 9.58. The number of ether oxygens (including phenoxy) is 1. The van der Waals surface area contributed by atoms with Crippen molar-refractivity contribution in [3.63, 3.8) is 0 Å². The van der Waals surface area contributed by atoms with E-state index < -0.39 is 30.4 Å². The Morgan fingerprint density at radius 2 is 1.41 bits per heavy atom. The molecule has 2 aromatic rings. The molecule has 0 aliphatic heterocycles. The second-order valence-corrected chi connectivity index (χ2v) is 12.9. The Morgan fingerprint density at radius 3 is 2.04 bits per heavy atom. The van der Waals surface area contributed by atoms with E-state index in [9.17, 15) is 8.42 Å². The second-order valence-electron chi connectivity index (χ2n) is 6.29. The highest BCUT2D eigenvalue weighted by molar-refractivity contribution is 7.86. The van der Waals surface area contributed by atoms with Crippen LogP contribution in [-0.2, 0) is 12.6 Å². The monoisotopic (exact) mass is 504 g/mol. The number of hydrogen-bond donors (Lipinski definition) is 0. The van der Waals surface area contributed by atoms with E-state index in [2.05, 4.69) is 6.92 Å². The first-order valence-electron chi connectivity index (χ1n) is 9.37. The number of unbranched alkanes of at least 4 members (excludes halogenated alkanes) is 5. The Balaban J connectivity index is 2.07. The third-order valence-corrected chi connectivity index (χ3v) is 11.6. The van der Waals surface area contributed by atoms with Crippen molar-refractivity contribution in [1.29, 1.82) is 0 Å². The lowest BCUT2D eigenvalue weighted by Crippen LogP contribution is -3.85. The minimum absolute atomic E-state index is 0.0933. The lowest BCUT2D eigenvalue weighted by molar-refractivity contribution is -1.03. The number of rotatable bonds is 12. The Bertz CT molecular complexity index is 761. The van der Waals surface area contributed by atoms with Gasteiger partial charge in [0, 0.05) is 0 Å². The summed E-state index contributed by atoms with van der Waals surface area (Å²) in [6.07, 6.45) is 6.26. The van der Waals surface area contributed by atoms with Gasteiger partial charge in [-0.2, -0.15) is 8.42 Å². The Labute approximate surface area is 171 Å². The molecular weight excluding hydrogens is 475 g/mol. The fourth-order valence-corrected chi connectivity index (χ4v) is 9.79. The van der Waals surface area contributed by atoms with Crippen LogP contribution < -0.4 is 25.0 Å². The van der Waals surface area contributed by atoms with Crippen molar-refractivity contribution in [1.82, 2.24) is 0 Å². The van der Waals surface area contributed by atoms with Crippen molar-refractivity contribution < 1.29 is 35.9 Å². The van der Waals surface area contributed by atoms with E-state index in [-0.39, 0.29) is 5.75 Å². The fraction of sp³-hybridized carbons (Fsp3) is 0.429. The largest absolute Gasteiger partial charge is 0.497 e. The molecule has 0 spiro atoms. The van der Waals surface area contributed by atoms with E-state index in [1.807, 2.05) is 54.6 Å². The first-order valence-corrected chi connectivity index (χ1v) is 14.0. The van der Waals surface area contributed by atoms with Gasteiger partial charge in [-0.1, -0.05) is 57.2 Å². The predicted molar refractivity (Wildman–Crippen MR) is 105 cm³/mol. The molecule has 0 heterocycles. The van der Waals surface area contributed by atoms with E-state index in [1.54, 1.807) is 7.11 Å². The first-order chi connectivity index (χ1) is 13.1. The molecule has 1 radical (unpaired) electrons. The summed E-state index contributed by atoms with van der Waals surface area (Å²) in [5, 5.41) is 0. The number of halogens is 1. The maximum absolute atomic E-state index is 12.6. The van der Waals surface area contributed by atoms with Gasteiger partial charge in [0.15, 0.2) is 7.14 Å². The van der Waals surface area contributed by atoms with Gasteiger partial charge < -0.3 is 4.74 Å². The van der Waals surface area contributed by atoms with Crippen LogP contribution in [0.2, 0.25) is 0 Å². The van der Waals surface area contributed by atoms with Crippen LogP contribution in [0.5, 0.6) is 5.75 Å². The molecule has 0 N–H and O–H groups in total. The summed E-state index contributed by atoms with van der Waals surface area (Å²) in [5.41, 5.74) is 0. The van der Waals surface area contributed by atoms with Crippen molar-refractivity contribution in [3.8, 4) is 5.75 Å². The molecule has 6 heteroatoms. The van der Waals surface area contributed by atoms with Crippen molar-refractivity contribution in [2.45, 2.75) is 45.4 Å². The molecule has 0 bridgehead atoms. The van der Waals surface area contributed by atoms with E-state index in [1.165, 1.54) is 19.3 Å². The minimum atomic E-state index is -3.55. The molecule has 0 saturated carbocycles. The summed E-state index contributed by atoms with van der Waals surface area (Å²) in [5.74, 6) is 0.841. The van der Waals surface area contributed by atoms with Crippen LogP contribution in [0.3, 0.4) is 0 Å². The Morgan fingerprint density at radius 1 is 0.815 bits per heavy atom. The molecule has 27 heavy (non-hydrogen) atoms. The number of methoxy groups -OCH3 is 1. The normalized spacial score (nSPS) is 11.7. The van der Waals surface area contributed by atoms with Crippen LogP contribution in [-0.4, -0.2) is 21.3 Å². The van der Waals surface area contributed by atoms with Gasteiger partial charge in [0.05, 0.1) is 12.9 Å². The summed E-state index contributed by atoms with van der Waals surface area (Å²) < 4.78 is 38.1. The lowest BCUT2D eigenvalue weighted by atomic mass is 10.1. The molecule has 0 aromatic heterocycles. The van der Waals surface area contributed by atoms with Gasteiger partial charge in [0.25, 0.3) is 0 Å². The highest BCUT2D eigenvalue weighted by Gasteiger charge is 2.36. The summed E-state index contributed by atoms with van der Waals surface area (Å²) in [4.78, 5) is 0. The first kappa shape index (κ1) is 22.2.